The number of aryl methyl sites for hydroxylation is 1. The van der Waals surface area contributed by atoms with Crippen LogP contribution in [0.5, 0.6) is 5.75 Å². The van der Waals surface area contributed by atoms with Gasteiger partial charge in [0.25, 0.3) is 0 Å². The van der Waals surface area contributed by atoms with E-state index in [4.69, 9.17) is 4.74 Å². The Morgan fingerprint density at radius 3 is 3.00 bits per heavy atom. The van der Waals surface area contributed by atoms with Crippen LogP contribution in [-0.2, 0) is 4.79 Å². The molecule has 2 atom stereocenters. The minimum Gasteiger partial charge on any atom is -0.493 e. The maximum absolute atomic E-state index is 12.0. The SMILES string of the molecule is Cc1ccccc1OCCCNC(=O)CC(C)C1CCCNC1. The summed E-state index contributed by atoms with van der Waals surface area (Å²) in [5.74, 6) is 2.18. The van der Waals surface area contributed by atoms with Crippen LogP contribution in [0, 0.1) is 18.8 Å². The molecule has 0 aliphatic carbocycles. The lowest BCUT2D eigenvalue weighted by Gasteiger charge is -2.28. The summed E-state index contributed by atoms with van der Waals surface area (Å²) < 4.78 is 5.74. The van der Waals surface area contributed by atoms with Gasteiger partial charge in [0.05, 0.1) is 6.61 Å². The van der Waals surface area contributed by atoms with Crippen molar-refractivity contribution in [2.75, 3.05) is 26.2 Å². The summed E-state index contributed by atoms with van der Waals surface area (Å²) >= 11 is 0. The quantitative estimate of drug-likeness (QED) is 0.725. The molecule has 1 aliphatic heterocycles. The van der Waals surface area contributed by atoms with Crippen molar-refractivity contribution >= 4 is 5.91 Å². The van der Waals surface area contributed by atoms with Gasteiger partial charge in [0.15, 0.2) is 0 Å². The normalized spacial score (nSPS) is 19.1. The van der Waals surface area contributed by atoms with Crippen LogP contribution in [0.2, 0.25) is 0 Å². The van der Waals surface area contributed by atoms with Gasteiger partial charge in [-0.2, -0.15) is 0 Å². The fraction of sp³-hybridized carbons (Fsp3) is 0.632. The topological polar surface area (TPSA) is 50.4 Å². The lowest BCUT2D eigenvalue weighted by molar-refractivity contribution is -0.122. The highest BCUT2D eigenvalue weighted by atomic mass is 16.5. The Balaban J connectivity index is 1.57. The second-order valence-corrected chi connectivity index (χ2v) is 6.61. The predicted molar refractivity (Wildman–Crippen MR) is 93.7 cm³/mol. The van der Waals surface area contributed by atoms with Gasteiger partial charge in [-0.15, -0.1) is 0 Å². The molecule has 1 aromatic carbocycles. The third kappa shape index (κ3) is 6.22. The molecular weight excluding hydrogens is 288 g/mol. The average Bonchev–Trinajstić information content (AvgIpc) is 2.57. The van der Waals surface area contributed by atoms with E-state index in [0.717, 1.165) is 30.8 Å². The molecule has 1 amide bonds. The third-order valence-electron chi connectivity index (χ3n) is 4.64. The van der Waals surface area contributed by atoms with Crippen LogP contribution in [0.15, 0.2) is 24.3 Å². The highest BCUT2D eigenvalue weighted by Gasteiger charge is 2.21. The standard InChI is InChI=1S/C19H30N2O2/c1-15-7-3-4-9-18(15)23-12-6-11-21-19(22)13-16(2)17-8-5-10-20-14-17/h3-4,7,9,16-17,20H,5-6,8,10-14H2,1-2H3,(H,21,22). The number of nitrogens with one attached hydrogen (secondary N) is 2. The Morgan fingerprint density at radius 1 is 1.43 bits per heavy atom. The van der Waals surface area contributed by atoms with Crippen LogP contribution in [0.1, 0.15) is 38.2 Å². The molecule has 128 valence electrons. The molecule has 23 heavy (non-hydrogen) atoms. The first-order valence-electron chi connectivity index (χ1n) is 8.82. The van der Waals surface area contributed by atoms with Gasteiger partial charge >= 0.3 is 0 Å². The number of hydrogen-bond acceptors (Lipinski definition) is 3. The fourth-order valence-corrected chi connectivity index (χ4v) is 3.10. The molecule has 4 nitrogen and oxygen atoms in total. The Kier molecular flexibility index (Phi) is 7.40. The van der Waals surface area contributed by atoms with E-state index in [1.807, 2.05) is 31.2 Å². The zero-order valence-corrected chi connectivity index (χ0v) is 14.4. The van der Waals surface area contributed by atoms with Crippen molar-refractivity contribution in [2.45, 2.75) is 39.5 Å². The first kappa shape index (κ1) is 17.8. The summed E-state index contributed by atoms with van der Waals surface area (Å²) in [6.07, 6.45) is 3.93. The first-order chi connectivity index (χ1) is 11.2. The highest BCUT2D eigenvalue weighted by Crippen LogP contribution is 2.22. The molecule has 0 radical (unpaired) electrons. The van der Waals surface area contributed by atoms with Crippen molar-refractivity contribution in [2.24, 2.45) is 11.8 Å². The fourth-order valence-electron chi connectivity index (χ4n) is 3.10. The number of carbonyl (C=O) groups is 1. The molecule has 1 heterocycles. The Morgan fingerprint density at radius 2 is 2.26 bits per heavy atom. The second kappa shape index (κ2) is 9.56. The molecule has 0 bridgehead atoms. The summed E-state index contributed by atoms with van der Waals surface area (Å²) in [5, 5.41) is 6.43. The number of carbonyl (C=O) groups excluding carboxylic acids is 1. The van der Waals surface area contributed by atoms with Gasteiger partial charge in [0.1, 0.15) is 5.75 Å². The van der Waals surface area contributed by atoms with Crippen molar-refractivity contribution in [1.29, 1.82) is 0 Å². The number of para-hydroxylation sites is 1. The van der Waals surface area contributed by atoms with E-state index >= 15 is 0 Å². The third-order valence-corrected chi connectivity index (χ3v) is 4.64. The van der Waals surface area contributed by atoms with Crippen molar-refractivity contribution < 1.29 is 9.53 Å². The molecule has 1 aliphatic rings. The van der Waals surface area contributed by atoms with Gasteiger partial charge in [0, 0.05) is 13.0 Å². The van der Waals surface area contributed by atoms with Crippen LogP contribution in [-0.4, -0.2) is 32.1 Å². The van der Waals surface area contributed by atoms with E-state index in [2.05, 4.69) is 17.6 Å². The number of hydrogen-bond donors (Lipinski definition) is 2. The number of piperidine rings is 1. The number of ether oxygens (including phenoxy) is 1. The lowest BCUT2D eigenvalue weighted by Crippen LogP contribution is -2.35. The van der Waals surface area contributed by atoms with E-state index < -0.39 is 0 Å². The van der Waals surface area contributed by atoms with Crippen molar-refractivity contribution in [3.63, 3.8) is 0 Å². The van der Waals surface area contributed by atoms with Crippen LogP contribution >= 0.6 is 0 Å². The molecule has 0 saturated carbocycles. The molecule has 2 unspecified atom stereocenters. The summed E-state index contributed by atoms with van der Waals surface area (Å²) in [6, 6.07) is 8.00. The van der Waals surface area contributed by atoms with Crippen molar-refractivity contribution in [1.82, 2.24) is 10.6 Å². The smallest absolute Gasteiger partial charge is 0.220 e. The zero-order valence-electron chi connectivity index (χ0n) is 14.4. The van der Waals surface area contributed by atoms with E-state index in [-0.39, 0.29) is 5.91 Å². The maximum Gasteiger partial charge on any atom is 0.220 e. The minimum absolute atomic E-state index is 0.166. The first-order valence-corrected chi connectivity index (χ1v) is 8.82. The van der Waals surface area contributed by atoms with Gasteiger partial charge in [-0.25, -0.2) is 0 Å². The van der Waals surface area contributed by atoms with E-state index in [1.54, 1.807) is 0 Å². The molecule has 0 aromatic heterocycles. The molecule has 2 N–H and O–H groups in total. The zero-order chi connectivity index (χ0) is 16.5. The van der Waals surface area contributed by atoms with Crippen LogP contribution < -0.4 is 15.4 Å². The largest absolute Gasteiger partial charge is 0.493 e. The van der Waals surface area contributed by atoms with Gasteiger partial charge in [-0.05, 0) is 62.7 Å². The molecule has 0 spiro atoms. The average molecular weight is 318 g/mol. The molecule has 1 fully saturated rings. The Hall–Kier alpha value is -1.55. The molecule has 1 saturated heterocycles. The number of amides is 1. The monoisotopic (exact) mass is 318 g/mol. The molecule has 2 rings (SSSR count). The molecular formula is C19H30N2O2. The Labute approximate surface area is 140 Å². The van der Waals surface area contributed by atoms with Crippen molar-refractivity contribution in [3.05, 3.63) is 29.8 Å². The van der Waals surface area contributed by atoms with Gasteiger partial charge in [-0.3, -0.25) is 4.79 Å². The van der Waals surface area contributed by atoms with Crippen molar-refractivity contribution in [3.8, 4) is 5.75 Å². The van der Waals surface area contributed by atoms with E-state index in [1.165, 1.54) is 12.8 Å². The highest BCUT2D eigenvalue weighted by molar-refractivity contribution is 5.76. The molecule has 4 heteroatoms. The summed E-state index contributed by atoms with van der Waals surface area (Å²) in [5.41, 5.74) is 1.14. The number of rotatable bonds is 8. The second-order valence-electron chi connectivity index (χ2n) is 6.61. The van der Waals surface area contributed by atoms with Crippen LogP contribution in [0.4, 0.5) is 0 Å². The summed E-state index contributed by atoms with van der Waals surface area (Å²) in [7, 11) is 0. The number of benzene rings is 1. The Bertz CT molecular complexity index is 484. The maximum atomic E-state index is 12.0. The molecule has 1 aromatic rings. The summed E-state index contributed by atoms with van der Waals surface area (Å²) in [6.45, 7) is 7.72. The van der Waals surface area contributed by atoms with Gasteiger partial charge < -0.3 is 15.4 Å². The van der Waals surface area contributed by atoms with E-state index in [0.29, 0.717) is 31.4 Å². The van der Waals surface area contributed by atoms with Crippen LogP contribution in [0.3, 0.4) is 0 Å². The van der Waals surface area contributed by atoms with Gasteiger partial charge in [-0.1, -0.05) is 25.1 Å². The van der Waals surface area contributed by atoms with Gasteiger partial charge in [0.2, 0.25) is 5.91 Å². The lowest BCUT2D eigenvalue weighted by atomic mass is 9.85. The van der Waals surface area contributed by atoms with Crippen LogP contribution in [0.25, 0.3) is 0 Å². The van der Waals surface area contributed by atoms with E-state index in [9.17, 15) is 4.79 Å². The summed E-state index contributed by atoms with van der Waals surface area (Å²) in [4.78, 5) is 12.0. The predicted octanol–water partition coefficient (Wildman–Crippen LogP) is 2.91. The minimum atomic E-state index is 0.166.